The standard InChI is InChI=1S/C11H10BrN/c12-11(7-13)10-5-3-9(4-6-10)8-1-2-8/h3-6,8,11H,1-2H2. The first-order valence-electron chi connectivity index (χ1n) is 4.45. The topological polar surface area (TPSA) is 23.8 Å². The predicted molar refractivity (Wildman–Crippen MR) is 55.7 cm³/mol. The highest BCUT2D eigenvalue weighted by Crippen LogP contribution is 2.40. The van der Waals surface area contributed by atoms with E-state index in [1.807, 2.05) is 12.1 Å². The van der Waals surface area contributed by atoms with Gasteiger partial charge in [-0.25, -0.2) is 0 Å². The summed E-state index contributed by atoms with van der Waals surface area (Å²) in [5.41, 5.74) is 2.47. The molecule has 13 heavy (non-hydrogen) atoms. The zero-order valence-electron chi connectivity index (χ0n) is 7.20. The molecule has 1 atom stereocenters. The number of nitriles is 1. The lowest BCUT2D eigenvalue weighted by Crippen LogP contribution is -1.86. The summed E-state index contributed by atoms with van der Waals surface area (Å²) in [6, 6.07) is 10.5. The normalized spacial score (nSPS) is 17.8. The van der Waals surface area contributed by atoms with Crippen molar-refractivity contribution in [3.63, 3.8) is 0 Å². The lowest BCUT2D eigenvalue weighted by atomic mass is 10.1. The van der Waals surface area contributed by atoms with Crippen LogP contribution >= 0.6 is 15.9 Å². The molecule has 1 saturated carbocycles. The molecule has 0 spiro atoms. The largest absolute Gasteiger partial charge is 0.197 e. The van der Waals surface area contributed by atoms with Crippen LogP contribution in [0.1, 0.15) is 34.7 Å². The van der Waals surface area contributed by atoms with E-state index in [2.05, 4.69) is 34.1 Å². The van der Waals surface area contributed by atoms with Gasteiger partial charge < -0.3 is 0 Å². The third-order valence-corrected chi connectivity index (χ3v) is 3.12. The fourth-order valence-corrected chi connectivity index (χ4v) is 1.73. The Labute approximate surface area is 86.5 Å². The van der Waals surface area contributed by atoms with E-state index in [4.69, 9.17) is 5.26 Å². The average Bonchev–Trinajstić information content (AvgIpc) is 3.00. The first kappa shape index (κ1) is 8.77. The van der Waals surface area contributed by atoms with Crippen LogP contribution in [0.3, 0.4) is 0 Å². The van der Waals surface area contributed by atoms with Gasteiger partial charge in [-0.3, -0.25) is 0 Å². The fraction of sp³-hybridized carbons (Fsp3) is 0.364. The van der Waals surface area contributed by atoms with Gasteiger partial charge in [0.15, 0.2) is 0 Å². The lowest BCUT2D eigenvalue weighted by molar-refractivity contribution is 1.12. The van der Waals surface area contributed by atoms with Gasteiger partial charge in [0.25, 0.3) is 0 Å². The quantitative estimate of drug-likeness (QED) is 0.720. The molecule has 1 nitrogen and oxygen atoms in total. The summed E-state index contributed by atoms with van der Waals surface area (Å²) < 4.78 is 0. The molecule has 1 fully saturated rings. The van der Waals surface area contributed by atoms with Gasteiger partial charge in [0.2, 0.25) is 0 Å². The molecule has 2 heteroatoms. The van der Waals surface area contributed by atoms with Gasteiger partial charge in [0.05, 0.1) is 6.07 Å². The molecule has 0 aromatic heterocycles. The number of hydrogen-bond acceptors (Lipinski definition) is 1. The van der Waals surface area contributed by atoms with E-state index in [1.54, 1.807) is 0 Å². The fourth-order valence-electron chi connectivity index (χ4n) is 1.43. The lowest BCUT2D eigenvalue weighted by Gasteiger charge is -2.02. The molecular formula is C11H10BrN. The van der Waals surface area contributed by atoms with Gasteiger partial charge in [-0.05, 0) is 29.9 Å². The molecule has 1 aromatic carbocycles. The second-order valence-corrected chi connectivity index (χ2v) is 4.35. The van der Waals surface area contributed by atoms with Crippen molar-refractivity contribution in [2.24, 2.45) is 0 Å². The van der Waals surface area contributed by atoms with Crippen molar-refractivity contribution >= 4 is 15.9 Å². The Bertz CT molecular complexity index is 332. The SMILES string of the molecule is N#CC(Br)c1ccc(C2CC2)cc1. The number of hydrogen-bond donors (Lipinski definition) is 0. The third-order valence-electron chi connectivity index (χ3n) is 2.39. The van der Waals surface area contributed by atoms with Crippen molar-refractivity contribution in [3.05, 3.63) is 35.4 Å². The van der Waals surface area contributed by atoms with E-state index >= 15 is 0 Å². The van der Waals surface area contributed by atoms with Gasteiger partial charge in [-0.2, -0.15) is 5.26 Å². The maximum atomic E-state index is 8.68. The zero-order valence-corrected chi connectivity index (χ0v) is 8.79. The van der Waals surface area contributed by atoms with Crippen molar-refractivity contribution in [2.75, 3.05) is 0 Å². The summed E-state index contributed by atoms with van der Waals surface area (Å²) in [4.78, 5) is -0.166. The summed E-state index contributed by atoms with van der Waals surface area (Å²) >= 11 is 3.30. The minimum absolute atomic E-state index is 0.166. The van der Waals surface area contributed by atoms with Crippen LogP contribution in [0.15, 0.2) is 24.3 Å². The summed E-state index contributed by atoms with van der Waals surface area (Å²) in [6.07, 6.45) is 2.66. The monoisotopic (exact) mass is 235 g/mol. The van der Waals surface area contributed by atoms with Crippen molar-refractivity contribution in [1.29, 1.82) is 5.26 Å². The number of rotatable bonds is 2. The van der Waals surface area contributed by atoms with Gasteiger partial charge in [0.1, 0.15) is 4.83 Å². The second-order valence-electron chi connectivity index (χ2n) is 3.43. The summed E-state index contributed by atoms with van der Waals surface area (Å²) in [6.45, 7) is 0. The van der Waals surface area contributed by atoms with E-state index in [0.29, 0.717) is 0 Å². The van der Waals surface area contributed by atoms with Crippen LogP contribution in [-0.2, 0) is 0 Å². The third kappa shape index (κ3) is 1.92. The van der Waals surface area contributed by atoms with Crippen molar-refractivity contribution in [3.8, 4) is 6.07 Å². The maximum absolute atomic E-state index is 8.68. The average molecular weight is 236 g/mol. The van der Waals surface area contributed by atoms with E-state index < -0.39 is 0 Å². The van der Waals surface area contributed by atoms with E-state index in [-0.39, 0.29) is 4.83 Å². The first-order valence-corrected chi connectivity index (χ1v) is 5.36. The molecular weight excluding hydrogens is 226 g/mol. The summed E-state index contributed by atoms with van der Waals surface area (Å²) in [5.74, 6) is 0.796. The molecule has 0 amide bonds. The zero-order chi connectivity index (χ0) is 9.26. The van der Waals surface area contributed by atoms with Crippen LogP contribution in [-0.4, -0.2) is 0 Å². The molecule has 0 saturated heterocycles. The minimum atomic E-state index is -0.166. The molecule has 1 unspecified atom stereocenters. The number of nitrogens with zero attached hydrogens (tertiary/aromatic N) is 1. The Morgan fingerprint density at radius 3 is 2.38 bits per heavy atom. The Balaban J connectivity index is 2.18. The van der Waals surface area contributed by atoms with Crippen LogP contribution in [0.5, 0.6) is 0 Å². The molecule has 1 aliphatic carbocycles. The van der Waals surface area contributed by atoms with Crippen LogP contribution < -0.4 is 0 Å². The highest BCUT2D eigenvalue weighted by Gasteiger charge is 2.23. The van der Waals surface area contributed by atoms with E-state index in [1.165, 1.54) is 18.4 Å². The molecule has 0 heterocycles. The number of benzene rings is 1. The Kier molecular flexibility index (Phi) is 2.37. The molecule has 1 aliphatic rings. The van der Waals surface area contributed by atoms with Gasteiger partial charge in [0, 0.05) is 0 Å². The highest BCUT2D eigenvalue weighted by atomic mass is 79.9. The number of alkyl halides is 1. The summed E-state index contributed by atoms with van der Waals surface area (Å²) in [7, 11) is 0. The van der Waals surface area contributed by atoms with Gasteiger partial charge in [-0.15, -0.1) is 0 Å². The Hall–Kier alpha value is -0.810. The molecule has 0 bridgehead atoms. The van der Waals surface area contributed by atoms with E-state index in [0.717, 1.165) is 11.5 Å². The van der Waals surface area contributed by atoms with Crippen LogP contribution in [0.25, 0.3) is 0 Å². The van der Waals surface area contributed by atoms with Gasteiger partial charge in [-0.1, -0.05) is 40.2 Å². The highest BCUT2D eigenvalue weighted by molar-refractivity contribution is 9.09. The smallest absolute Gasteiger partial charge is 0.126 e. The van der Waals surface area contributed by atoms with Crippen LogP contribution in [0, 0.1) is 11.3 Å². The maximum Gasteiger partial charge on any atom is 0.126 e. The summed E-state index contributed by atoms with van der Waals surface area (Å²) in [5, 5.41) is 8.68. The molecule has 0 N–H and O–H groups in total. The van der Waals surface area contributed by atoms with Crippen LogP contribution in [0.2, 0.25) is 0 Å². The molecule has 2 rings (SSSR count). The van der Waals surface area contributed by atoms with Gasteiger partial charge >= 0.3 is 0 Å². The first-order chi connectivity index (χ1) is 6.31. The van der Waals surface area contributed by atoms with E-state index in [9.17, 15) is 0 Å². The van der Waals surface area contributed by atoms with Crippen LogP contribution in [0.4, 0.5) is 0 Å². The minimum Gasteiger partial charge on any atom is -0.197 e. The van der Waals surface area contributed by atoms with Crippen molar-refractivity contribution < 1.29 is 0 Å². The second kappa shape index (κ2) is 3.51. The molecule has 0 radical (unpaired) electrons. The predicted octanol–water partition coefficient (Wildman–Crippen LogP) is 3.52. The Morgan fingerprint density at radius 1 is 1.31 bits per heavy atom. The molecule has 66 valence electrons. The Morgan fingerprint density at radius 2 is 1.92 bits per heavy atom. The molecule has 0 aliphatic heterocycles. The van der Waals surface area contributed by atoms with Crippen molar-refractivity contribution in [2.45, 2.75) is 23.6 Å². The number of halogens is 1. The van der Waals surface area contributed by atoms with Crippen molar-refractivity contribution in [1.82, 2.24) is 0 Å². The molecule has 1 aromatic rings.